The molecule has 31 heavy (non-hydrogen) atoms. The van der Waals surface area contributed by atoms with Gasteiger partial charge in [-0.3, -0.25) is 19.7 Å². The summed E-state index contributed by atoms with van der Waals surface area (Å²) >= 11 is 1.53. The SMILES string of the molecule is CSCC(C(=O)O)N(Cc1ccc2ccccc2n1)Cc1ccc2ccccc2n1.[Cu+]. The van der Waals surface area contributed by atoms with E-state index in [4.69, 9.17) is 9.97 Å². The molecule has 0 saturated carbocycles. The van der Waals surface area contributed by atoms with Gasteiger partial charge in [0.1, 0.15) is 6.04 Å². The van der Waals surface area contributed by atoms with Crippen molar-refractivity contribution in [1.29, 1.82) is 0 Å². The van der Waals surface area contributed by atoms with Gasteiger partial charge in [0.2, 0.25) is 0 Å². The van der Waals surface area contributed by atoms with Gasteiger partial charge in [-0.05, 0) is 30.5 Å². The number of carbonyl (C=O) groups is 1. The Kier molecular flexibility index (Phi) is 8.04. The third-order valence-electron chi connectivity index (χ3n) is 5.09. The zero-order valence-electron chi connectivity index (χ0n) is 17.0. The molecule has 7 heteroatoms. The van der Waals surface area contributed by atoms with Gasteiger partial charge in [-0.1, -0.05) is 48.5 Å². The van der Waals surface area contributed by atoms with Crippen LogP contribution >= 0.6 is 11.8 Å². The van der Waals surface area contributed by atoms with Crippen molar-refractivity contribution in [1.82, 2.24) is 14.9 Å². The van der Waals surface area contributed by atoms with Crippen LogP contribution in [0.2, 0.25) is 0 Å². The molecule has 2 heterocycles. The van der Waals surface area contributed by atoms with Crippen LogP contribution in [0.15, 0.2) is 72.8 Å². The summed E-state index contributed by atoms with van der Waals surface area (Å²) in [7, 11) is 0. The van der Waals surface area contributed by atoms with E-state index < -0.39 is 12.0 Å². The van der Waals surface area contributed by atoms with Crippen molar-refractivity contribution in [2.45, 2.75) is 19.1 Å². The number of para-hydroxylation sites is 2. The van der Waals surface area contributed by atoms with Crippen molar-refractivity contribution in [2.75, 3.05) is 12.0 Å². The summed E-state index contributed by atoms with van der Waals surface area (Å²) in [5.74, 6) is -0.331. The number of pyridine rings is 2. The molecule has 0 fully saturated rings. The standard InChI is InChI=1S/C24H23N3O2S.Cu/c1-30-16-23(24(28)29)27(14-19-12-10-17-6-2-4-8-21(17)25-19)15-20-13-11-18-7-3-5-9-22(18)26-20;/h2-13,23H,14-16H2,1H3,(H,28,29);/q;+1. The molecule has 2 aromatic heterocycles. The molecular formula is C24H23CuN3O2S+. The summed E-state index contributed by atoms with van der Waals surface area (Å²) in [5, 5.41) is 12.0. The number of nitrogens with zero attached hydrogens (tertiary/aromatic N) is 3. The molecule has 1 N–H and O–H groups in total. The zero-order chi connectivity index (χ0) is 20.9. The molecule has 0 radical (unpaired) electrons. The summed E-state index contributed by atoms with van der Waals surface area (Å²) < 4.78 is 0. The first-order chi connectivity index (χ1) is 14.6. The molecule has 4 rings (SSSR count). The molecule has 0 saturated heterocycles. The zero-order valence-corrected chi connectivity index (χ0v) is 18.8. The Labute approximate surface area is 196 Å². The van der Waals surface area contributed by atoms with Crippen LogP contribution in [-0.2, 0) is 35.0 Å². The summed E-state index contributed by atoms with van der Waals surface area (Å²) in [5.41, 5.74) is 3.52. The molecule has 5 nitrogen and oxygen atoms in total. The second-order valence-corrected chi connectivity index (χ2v) is 8.12. The quantitative estimate of drug-likeness (QED) is 0.372. The third-order valence-corrected chi connectivity index (χ3v) is 5.74. The van der Waals surface area contributed by atoms with E-state index in [1.54, 1.807) is 0 Å². The van der Waals surface area contributed by atoms with Gasteiger partial charge in [0.15, 0.2) is 0 Å². The van der Waals surface area contributed by atoms with E-state index in [9.17, 15) is 9.90 Å². The summed E-state index contributed by atoms with van der Waals surface area (Å²) in [6.45, 7) is 0.883. The molecule has 0 aliphatic heterocycles. The van der Waals surface area contributed by atoms with Crippen LogP contribution in [0, 0.1) is 0 Å². The molecule has 0 bridgehead atoms. The van der Waals surface area contributed by atoms with Gasteiger partial charge >= 0.3 is 23.0 Å². The molecular weight excluding hydrogens is 458 g/mol. The van der Waals surface area contributed by atoms with Crippen LogP contribution in [0.5, 0.6) is 0 Å². The maximum absolute atomic E-state index is 12.0. The monoisotopic (exact) mass is 480 g/mol. The van der Waals surface area contributed by atoms with Crippen molar-refractivity contribution >= 4 is 39.5 Å². The first kappa shape index (κ1) is 23.2. The van der Waals surface area contributed by atoms with Crippen LogP contribution in [0.3, 0.4) is 0 Å². The minimum atomic E-state index is -0.828. The van der Waals surface area contributed by atoms with Gasteiger partial charge in [-0.15, -0.1) is 0 Å². The van der Waals surface area contributed by atoms with Gasteiger partial charge in [0.05, 0.1) is 22.4 Å². The Bertz CT molecular complexity index is 1110. The summed E-state index contributed by atoms with van der Waals surface area (Å²) in [6.07, 6.45) is 1.93. The number of benzene rings is 2. The van der Waals surface area contributed by atoms with Crippen molar-refractivity contribution in [2.24, 2.45) is 0 Å². The Hall–Kier alpha value is -2.44. The maximum atomic E-state index is 12.0. The van der Waals surface area contributed by atoms with Crippen molar-refractivity contribution in [3.8, 4) is 0 Å². The first-order valence-electron chi connectivity index (χ1n) is 9.79. The van der Waals surface area contributed by atoms with Crippen LogP contribution in [0.25, 0.3) is 21.8 Å². The van der Waals surface area contributed by atoms with E-state index in [1.165, 1.54) is 11.8 Å². The molecule has 162 valence electrons. The van der Waals surface area contributed by atoms with Crippen LogP contribution < -0.4 is 0 Å². The van der Waals surface area contributed by atoms with Crippen molar-refractivity contribution < 1.29 is 27.0 Å². The number of carboxylic acids is 1. The number of hydrogen-bond donors (Lipinski definition) is 1. The minimum Gasteiger partial charge on any atom is -0.480 e. The molecule has 0 aliphatic carbocycles. The van der Waals surface area contributed by atoms with Gasteiger partial charge in [0, 0.05) is 29.6 Å². The van der Waals surface area contributed by atoms with Crippen LogP contribution in [0.1, 0.15) is 11.4 Å². The predicted octanol–water partition coefficient (Wildman–Crippen LogP) is 4.60. The topological polar surface area (TPSA) is 66.3 Å². The van der Waals surface area contributed by atoms with E-state index in [0.717, 1.165) is 33.2 Å². The van der Waals surface area contributed by atoms with Gasteiger partial charge in [-0.2, -0.15) is 11.8 Å². The Morgan fingerprint density at radius 1 is 0.871 bits per heavy atom. The number of thioether (sulfide) groups is 1. The Morgan fingerprint density at radius 3 is 1.81 bits per heavy atom. The number of aliphatic carboxylic acids is 1. The van der Waals surface area contributed by atoms with E-state index in [1.807, 2.05) is 84.0 Å². The Morgan fingerprint density at radius 2 is 1.35 bits per heavy atom. The molecule has 2 aromatic carbocycles. The average molecular weight is 481 g/mol. The summed E-state index contributed by atoms with van der Waals surface area (Å²) in [6, 6.07) is 23.3. The summed E-state index contributed by atoms with van der Waals surface area (Å²) in [4.78, 5) is 23.5. The average Bonchev–Trinajstić information content (AvgIpc) is 2.76. The van der Waals surface area contributed by atoms with E-state index in [-0.39, 0.29) is 17.1 Å². The maximum Gasteiger partial charge on any atom is 1.00 e. The minimum absolute atomic E-state index is 0. The predicted molar refractivity (Wildman–Crippen MR) is 123 cm³/mol. The van der Waals surface area contributed by atoms with Crippen molar-refractivity contribution in [3.05, 3.63) is 84.2 Å². The van der Waals surface area contributed by atoms with Crippen LogP contribution in [0.4, 0.5) is 0 Å². The largest absolute Gasteiger partial charge is 1.00 e. The fraction of sp³-hybridized carbons (Fsp3) is 0.208. The van der Waals surface area contributed by atoms with Crippen molar-refractivity contribution in [3.63, 3.8) is 0 Å². The second kappa shape index (κ2) is 10.7. The second-order valence-electron chi connectivity index (χ2n) is 7.20. The van der Waals surface area contributed by atoms with E-state index in [2.05, 4.69) is 0 Å². The molecule has 4 aromatic rings. The molecule has 0 aliphatic rings. The number of carboxylic acid groups (broad SMARTS) is 1. The van der Waals surface area contributed by atoms with Gasteiger partial charge in [0.25, 0.3) is 0 Å². The fourth-order valence-electron chi connectivity index (χ4n) is 3.58. The van der Waals surface area contributed by atoms with E-state index >= 15 is 0 Å². The smallest absolute Gasteiger partial charge is 0.480 e. The van der Waals surface area contributed by atoms with Gasteiger partial charge in [-0.25, -0.2) is 0 Å². The number of aromatic nitrogens is 2. The molecule has 1 atom stereocenters. The molecule has 0 spiro atoms. The van der Waals surface area contributed by atoms with Crippen LogP contribution in [-0.4, -0.2) is 44.0 Å². The normalized spacial score (nSPS) is 12.1. The Balaban J connectivity index is 0.00000272. The van der Waals surface area contributed by atoms with Gasteiger partial charge < -0.3 is 5.11 Å². The molecule has 1 unspecified atom stereocenters. The fourth-order valence-corrected chi connectivity index (χ4v) is 4.24. The first-order valence-corrected chi connectivity index (χ1v) is 11.2. The number of rotatable bonds is 8. The number of fused-ring (bicyclic) bond motifs is 2. The molecule has 0 amide bonds. The number of hydrogen-bond acceptors (Lipinski definition) is 5. The third kappa shape index (κ3) is 5.63. The van der Waals surface area contributed by atoms with E-state index in [0.29, 0.717) is 18.8 Å².